The number of aryl methyl sites for hydroxylation is 2. The summed E-state index contributed by atoms with van der Waals surface area (Å²) in [5.41, 5.74) is 2.57. The van der Waals surface area contributed by atoms with Crippen molar-refractivity contribution < 1.29 is 17.9 Å². The Labute approximate surface area is 161 Å². The fraction of sp³-hybridized carbons (Fsp3) is 0.350. The molecule has 0 aliphatic rings. The molecule has 0 atom stereocenters. The Bertz CT molecular complexity index is 877. The molecular formula is C20H26N2O4S. The molecule has 0 radical (unpaired) electrons. The number of hydrogen-bond donors (Lipinski definition) is 2. The van der Waals surface area contributed by atoms with E-state index in [-0.39, 0.29) is 10.8 Å². The Balaban J connectivity index is 2.12. The third kappa shape index (κ3) is 6.08. The van der Waals surface area contributed by atoms with E-state index < -0.39 is 10.0 Å². The lowest BCUT2D eigenvalue weighted by molar-refractivity contribution is 0.0943. The van der Waals surface area contributed by atoms with Crippen LogP contribution in [0.2, 0.25) is 0 Å². The van der Waals surface area contributed by atoms with E-state index in [1.54, 1.807) is 25.1 Å². The van der Waals surface area contributed by atoms with Gasteiger partial charge in [-0.15, -0.1) is 0 Å². The molecule has 146 valence electrons. The van der Waals surface area contributed by atoms with Gasteiger partial charge in [-0.3, -0.25) is 9.52 Å². The summed E-state index contributed by atoms with van der Waals surface area (Å²) < 4.78 is 33.1. The van der Waals surface area contributed by atoms with E-state index in [0.717, 1.165) is 5.56 Å². The molecule has 0 aliphatic carbocycles. The molecule has 0 aliphatic heterocycles. The zero-order chi connectivity index (χ0) is 19.9. The zero-order valence-corrected chi connectivity index (χ0v) is 16.7. The van der Waals surface area contributed by atoms with E-state index in [1.165, 1.54) is 12.1 Å². The highest BCUT2D eigenvalue weighted by molar-refractivity contribution is 7.92. The lowest BCUT2D eigenvalue weighted by Crippen LogP contribution is -2.26. The van der Waals surface area contributed by atoms with E-state index >= 15 is 0 Å². The maximum atomic E-state index is 12.6. The summed E-state index contributed by atoms with van der Waals surface area (Å²) in [5.74, 6) is -0.295. The van der Waals surface area contributed by atoms with Gasteiger partial charge in [0.25, 0.3) is 15.9 Å². The van der Waals surface area contributed by atoms with Gasteiger partial charge in [0.1, 0.15) is 0 Å². The van der Waals surface area contributed by atoms with Crippen molar-refractivity contribution >= 4 is 21.6 Å². The topological polar surface area (TPSA) is 84.5 Å². The van der Waals surface area contributed by atoms with Gasteiger partial charge < -0.3 is 10.1 Å². The van der Waals surface area contributed by atoms with Gasteiger partial charge >= 0.3 is 0 Å². The van der Waals surface area contributed by atoms with Gasteiger partial charge in [0, 0.05) is 31.0 Å². The molecule has 0 spiro atoms. The summed E-state index contributed by atoms with van der Waals surface area (Å²) in [6, 6.07) is 11.6. The molecule has 6 nitrogen and oxygen atoms in total. The third-order valence-corrected chi connectivity index (χ3v) is 5.40. The normalized spacial score (nSPS) is 11.2. The Kier molecular flexibility index (Phi) is 7.38. The summed E-state index contributed by atoms with van der Waals surface area (Å²) >= 11 is 0. The molecule has 0 unspecified atom stereocenters. The standard InChI is InChI=1S/C20H26N2O4S/c1-4-26-13-5-12-21-20(23)19-14-18(11-8-16(19)3)27(24,25)22-17-9-6-15(2)7-10-17/h6-11,14,22H,4-5,12-13H2,1-3H3,(H,21,23). The second-order valence-corrected chi connectivity index (χ2v) is 7.94. The number of hydrogen-bond acceptors (Lipinski definition) is 4. The van der Waals surface area contributed by atoms with Crippen molar-refractivity contribution in [3.05, 3.63) is 59.2 Å². The van der Waals surface area contributed by atoms with Crippen LogP contribution in [0.3, 0.4) is 0 Å². The summed E-state index contributed by atoms with van der Waals surface area (Å²) in [6.45, 7) is 7.30. The molecule has 0 saturated carbocycles. The highest BCUT2D eigenvalue weighted by Gasteiger charge is 2.18. The summed E-state index contributed by atoms with van der Waals surface area (Å²) in [5, 5.41) is 2.80. The van der Waals surface area contributed by atoms with Crippen molar-refractivity contribution in [3.8, 4) is 0 Å². The van der Waals surface area contributed by atoms with Crippen LogP contribution in [0.15, 0.2) is 47.4 Å². The molecule has 0 aromatic heterocycles. The van der Waals surface area contributed by atoms with Crippen LogP contribution in [0.5, 0.6) is 0 Å². The Morgan fingerprint density at radius 1 is 1.07 bits per heavy atom. The summed E-state index contributed by atoms with van der Waals surface area (Å²) in [4.78, 5) is 12.5. The molecule has 2 aromatic carbocycles. The first-order chi connectivity index (χ1) is 12.8. The first kappa shape index (κ1) is 20.9. The van der Waals surface area contributed by atoms with Gasteiger partial charge in [-0.2, -0.15) is 0 Å². The second kappa shape index (κ2) is 9.53. The van der Waals surface area contributed by atoms with Crippen molar-refractivity contribution in [1.29, 1.82) is 0 Å². The van der Waals surface area contributed by atoms with Crippen LogP contribution >= 0.6 is 0 Å². The molecule has 7 heteroatoms. The lowest BCUT2D eigenvalue weighted by atomic mass is 10.1. The number of benzene rings is 2. The largest absolute Gasteiger partial charge is 0.382 e. The zero-order valence-electron chi connectivity index (χ0n) is 15.9. The van der Waals surface area contributed by atoms with E-state index in [1.807, 2.05) is 26.0 Å². The SMILES string of the molecule is CCOCCCNC(=O)c1cc(S(=O)(=O)Nc2ccc(C)cc2)ccc1C. The van der Waals surface area contributed by atoms with Crippen molar-refractivity contribution in [2.75, 3.05) is 24.5 Å². The second-order valence-electron chi connectivity index (χ2n) is 6.25. The van der Waals surface area contributed by atoms with Crippen molar-refractivity contribution in [2.45, 2.75) is 32.1 Å². The third-order valence-electron chi connectivity index (χ3n) is 4.02. The molecule has 0 saturated heterocycles. The monoisotopic (exact) mass is 390 g/mol. The number of amides is 1. The maximum Gasteiger partial charge on any atom is 0.261 e. The summed E-state index contributed by atoms with van der Waals surface area (Å²) in [7, 11) is -3.78. The fourth-order valence-electron chi connectivity index (χ4n) is 2.46. The van der Waals surface area contributed by atoms with Crippen LogP contribution in [0, 0.1) is 13.8 Å². The van der Waals surface area contributed by atoms with E-state index in [9.17, 15) is 13.2 Å². The van der Waals surface area contributed by atoms with Crippen LogP contribution in [0.4, 0.5) is 5.69 Å². The Hall–Kier alpha value is -2.38. The van der Waals surface area contributed by atoms with Gasteiger partial charge in [0.05, 0.1) is 4.90 Å². The molecule has 0 bridgehead atoms. The number of sulfonamides is 1. The van der Waals surface area contributed by atoms with E-state index in [4.69, 9.17) is 4.74 Å². The number of carbonyl (C=O) groups is 1. The summed E-state index contributed by atoms with van der Waals surface area (Å²) in [6.07, 6.45) is 0.700. The van der Waals surface area contributed by atoms with Crippen molar-refractivity contribution in [2.24, 2.45) is 0 Å². The number of nitrogens with one attached hydrogen (secondary N) is 2. The molecule has 0 fully saturated rings. The van der Waals surface area contributed by atoms with Crippen LogP contribution in [-0.4, -0.2) is 34.1 Å². The van der Waals surface area contributed by atoms with Crippen molar-refractivity contribution in [3.63, 3.8) is 0 Å². The maximum absolute atomic E-state index is 12.6. The minimum absolute atomic E-state index is 0.0492. The molecule has 2 aromatic rings. The number of ether oxygens (including phenoxy) is 1. The lowest BCUT2D eigenvalue weighted by Gasteiger charge is -2.12. The number of rotatable bonds is 9. The molecule has 0 heterocycles. The smallest absolute Gasteiger partial charge is 0.261 e. The van der Waals surface area contributed by atoms with Gasteiger partial charge in [0.2, 0.25) is 0 Å². The fourth-order valence-corrected chi connectivity index (χ4v) is 3.55. The average molecular weight is 391 g/mol. The quantitative estimate of drug-likeness (QED) is 0.644. The van der Waals surface area contributed by atoms with Crippen LogP contribution in [0.25, 0.3) is 0 Å². The van der Waals surface area contributed by atoms with Gasteiger partial charge in [-0.25, -0.2) is 8.42 Å². The Morgan fingerprint density at radius 3 is 2.44 bits per heavy atom. The van der Waals surface area contributed by atoms with Gasteiger partial charge in [0.15, 0.2) is 0 Å². The molecule has 2 N–H and O–H groups in total. The molecule has 27 heavy (non-hydrogen) atoms. The van der Waals surface area contributed by atoms with Crippen LogP contribution < -0.4 is 10.0 Å². The first-order valence-corrected chi connectivity index (χ1v) is 10.4. The predicted octanol–water partition coefficient (Wildman–Crippen LogP) is 3.26. The van der Waals surface area contributed by atoms with E-state index in [0.29, 0.717) is 43.0 Å². The minimum atomic E-state index is -3.78. The predicted molar refractivity (Wildman–Crippen MR) is 107 cm³/mol. The van der Waals surface area contributed by atoms with E-state index in [2.05, 4.69) is 10.0 Å². The number of anilines is 1. The Morgan fingerprint density at radius 2 is 1.78 bits per heavy atom. The first-order valence-electron chi connectivity index (χ1n) is 8.89. The van der Waals surface area contributed by atoms with Gasteiger partial charge in [-0.05, 0) is 57.0 Å². The van der Waals surface area contributed by atoms with Crippen molar-refractivity contribution in [1.82, 2.24) is 5.32 Å². The van der Waals surface area contributed by atoms with Gasteiger partial charge in [-0.1, -0.05) is 23.8 Å². The highest BCUT2D eigenvalue weighted by atomic mass is 32.2. The molecular weight excluding hydrogens is 364 g/mol. The highest BCUT2D eigenvalue weighted by Crippen LogP contribution is 2.19. The van der Waals surface area contributed by atoms with Crippen LogP contribution in [0.1, 0.15) is 34.8 Å². The molecule has 2 rings (SSSR count). The molecule has 1 amide bonds. The number of carbonyl (C=O) groups excluding carboxylic acids is 1. The average Bonchev–Trinajstić information content (AvgIpc) is 2.63. The minimum Gasteiger partial charge on any atom is -0.382 e. The van der Waals surface area contributed by atoms with Crippen LogP contribution in [-0.2, 0) is 14.8 Å².